The molecule has 0 spiro atoms. The standard InChI is InChI=1S/C29H20N2O/c1-18-11-13-20(14-12-18)29-30-26(19-7-3-2-4-8-19)27(31-29)21-15-16-23-22-9-5-6-10-24(22)28(32)25(23)17-21/h2-17H,1H3,(H,30,31). The highest BCUT2D eigenvalue weighted by Crippen LogP contribution is 2.40. The van der Waals surface area contributed by atoms with Crippen LogP contribution in [0.4, 0.5) is 0 Å². The van der Waals surface area contributed by atoms with Gasteiger partial charge in [0.1, 0.15) is 5.82 Å². The lowest BCUT2D eigenvalue weighted by molar-refractivity contribution is 0.104. The van der Waals surface area contributed by atoms with Crippen molar-refractivity contribution < 1.29 is 4.79 Å². The van der Waals surface area contributed by atoms with Crippen LogP contribution < -0.4 is 0 Å². The number of rotatable bonds is 3. The number of carbonyl (C=O) groups is 1. The molecule has 0 unspecified atom stereocenters. The lowest BCUT2D eigenvalue weighted by Crippen LogP contribution is -1.95. The quantitative estimate of drug-likeness (QED) is 0.342. The normalized spacial score (nSPS) is 12.0. The Hall–Kier alpha value is -4.24. The molecular weight excluding hydrogens is 392 g/mol. The molecule has 0 radical (unpaired) electrons. The molecule has 0 fully saturated rings. The molecule has 3 nitrogen and oxygen atoms in total. The summed E-state index contributed by atoms with van der Waals surface area (Å²) in [5, 5.41) is 0. The van der Waals surface area contributed by atoms with Crippen molar-refractivity contribution in [2.45, 2.75) is 6.92 Å². The maximum atomic E-state index is 13.1. The largest absolute Gasteiger partial charge is 0.337 e. The highest BCUT2D eigenvalue weighted by atomic mass is 16.1. The number of ketones is 1. The SMILES string of the molecule is Cc1ccc(-c2nc(-c3ccc4c(c3)C(=O)c3ccccc3-4)c(-c3ccccc3)[nH]2)cc1. The van der Waals surface area contributed by atoms with Crippen molar-refractivity contribution in [1.82, 2.24) is 9.97 Å². The Balaban J connectivity index is 1.53. The zero-order valence-corrected chi connectivity index (χ0v) is 17.6. The molecule has 6 rings (SSSR count). The molecule has 1 aliphatic carbocycles. The molecule has 0 saturated heterocycles. The fourth-order valence-electron chi connectivity index (χ4n) is 4.42. The maximum Gasteiger partial charge on any atom is 0.194 e. The predicted octanol–water partition coefficient (Wildman–Crippen LogP) is 6.93. The third-order valence-corrected chi connectivity index (χ3v) is 6.09. The number of aromatic nitrogens is 2. The second kappa shape index (κ2) is 7.17. The number of fused-ring (bicyclic) bond motifs is 3. The molecule has 1 aromatic heterocycles. The van der Waals surface area contributed by atoms with E-state index in [4.69, 9.17) is 4.98 Å². The highest BCUT2D eigenvalue weighted by molar-refractivity contribution is 6.22. The van der Waals surface area contributed by atoms with Gasteiger partial charge in [-0.25, -0.2) is 4.98 Å². The van der Waals surface area contributed by atoms with Crippen LogP contribution in [0, 0.1) is 6.92 Å². The molecule has 0 atom stereocenters. The minimum absolute atomic E-state index is 0.0769. The second-order valence-corrected chi connectivity index (χ2v) is 8.18. The Morgan fingerprint density at radius 2 is 1.28 bits per heavy atom. The van der Waals surface area contributed by atoms with Gasteiger partial charge in [-0.15, -0.1) is 0 Å². The van der Waals surface area contributed by atoms with Gasteiger partial charge >= 0.3 is 0 Å². The van der Waals surface area contributed by atoms with Crippen molar-refractivity contribution in [2.24, 2.45) is 0 Å². The van der Waals surface area contributed by atoms with Crippen molar-refractivity contribution in [3.63, 3.8) is 0 Å². The van der Waals surface area contributed by atoms with Crippen LogP contribution in [-0.2, 0) is 0 Å². The van der Waals surface area contributed by atoms with E-state index in [9.17, 15) is 4.79 Å². The summed E-state index contributed by atoms with van der Waals surface area (Å²) >= 11 is 0. The van der Waals surface area contributed by atoms with Crippen molar-refractivity contribution in [3.05, 3.63) is 114 Å². The van der Waals surface area contributed by atoms with Gasteiger partial charge in [-0.05, 0) is 24.1 Å². The van der Waals surface area contributed by atoms with Crippen molar-refractivity contribution >= 4 is 5.78 Å². The average Bonchev–Trinajstić information content (AvgIpc) is 3.41. The van der Waals surface area contributed by atoms with E-state index < -0.39 is 0 Å². The molecule has 32 heavy (non-hydrogen) atoms. The molecule has 5 aromatic rings. The molecule has 152 valence electrons. The van der Waals surface area contributed by atoms with Gasteiger partial charge in [0, 0.05) is 27.8 Å². The number of nitrogens with one attached hydrogen (secondary N) is 1. The fraction of sp³-hybridized carbons (Fsp3) is 0.0345. The number of imidazole rings is 1. The Kier molecular flexibility index (Phi) is 4.15. The number of nitrogens with zero attached hydrogens (tertiary/aromatic N) is 1. The summed E-state index contributed by atoms with van der Waals surface area (Å²) in [6.07, 6.45) is 0. The number of carbonyl (C=O) groups excluding carboxylic acids is 1. The van der Waals surface area contributed by atoms with Crippen molar-refractivity contribution in [1.29, 1.82) is 0 Å². The summed E-state index contributed by atoms with van der Waals surface area (Å²) < 4.78 is 0. The van der Waals surface area contributed by atoms with Crippen LogP contribution in [0.15, 0.2) is 97.1 Å². The number of aryl methyl sites for hydroxylation is 1. The lowest BCUT2D eigenvalue weighted by atomic mass is 9.99. The van der Waals surface area contributed by atoms with Gasteiger partial charge < -0.3 is 4.98 Å². The van der Waals surface area contributed by atoms with E-state index in [-0.39, 0.29) is 5.78 Å². The second-order valence-electron chi connectivity index (χ2n) is 8.18. The van der Waals surface area contributed by atoms with Crippen LogP contribution in [0.5, 0.6) is 0 Å². The minimum atomic E-state index is 0.0769. The topological polar surface area (TPSA) is 45.8 Å². The molecule has 1 heterocycles. The maximum absolute atomic E-state index is 13.1. The van der Waals surface area contributed by atoms with Crippen LogP contribution >= 0.6 is 0 Å². The molecule has 0 bridgehead atoms. The average molecular weight is 412 g/mol. The summed E-state index contributed by atoms with van der Waals surface area (Å²) in [7, 11) is 0. The predicted molar refractivity (Wildman–Crippen MR) is 129 cm³/mol. The molecule has 0 amide bonds. The van der Waals surface area contributed by atoms with Crippen LogP contribution in [0.25, 0.3) is 45.0 Å². The van der Waals surface area contributed by atoms with Gasteiger partial charge in [-0.1, -0.05) is 96.6 Å². The van der Waals surface area contributed by atoms with Gasteiger partial charge in [0.25, 0.3) is 0 Å². The number of aromatic amines is 1. The van der Waals surface area contributed by atoms with Crippen LogP contribution in [-0.4, -0.2) is 15.8 Å². The zero-order valence-electron chi connectivity index (χ0n) is 17.6. The zero-order chi connectivity index (χ0) is 21.7. The third-order valence-electron chi connectivity index (χ3n) is 6.09. The van der Waals surface area contributed by atoms with Gasteiger partial charge in [0.05, 0.1) is 11.4 Å². The monoisotopic (exact) mass is 412 g/mol. The Morgan fingerprint density at radius 3 is 2.06 bits per heavy atom. The summed E-state index contributed by atoms with van der Waals surface area (Å²) in [6.45, 7) is 2.08. The first kappa shape index (κ1) is 18.5. The van der Waals surface area contributed by atoms with Crippen LogP contribution in [0.3, 0.4) is 0 Å². The van der Waals surface area contributed by atoms with E-state index in [1.165, 1.54) is 5.56 Å². The number of benzene rings is 4. The van der Waals surface area contributed by atoms with E-state index in [0.717, 1.165) is 56.2 Å². The van der Waals surface area contributed by atoms with E-state index in [0.29, 0.717) is 0 Å². The van der Waals surface area contributed by atoms with Gasteiger partial charge in [-0.2, -0.15) is 0 Å². The summed E-state index contributed by atoms with van der Waals surface area (Å²) in [6, 6.07) is 32.4. The smallest absolute Gasteiger partial charge is 0.194 e. The highest BCUT2D eigenvalue weighted by Gasteiger charge is 2.27. The Morgan fingerprint density at radius 1 is 0.625 bits per heavy atom. The van der Waals surface area contributed by atoms with Crippen molar-refractivity contribution in [2.75, 3.05) is 0 Å². The first-order valence-corrected chi connectivity index (χ1v) is 10.7. The van der Waals surface area contributed by atoms with E-state index in [2.05, 4.69) is 54.4 Å². The molecule has 0 saturated carbocycles. The Labute approximate surface area is 186 Å². The molecule has 1 N–H and O–H groups in total. The Bertz CT molecular complexity index is 1480. The van der Waals surface area contributed by atoms with Gasteiger partial charge in [-0.3, -0.25) is 4.79 Å². The number of H-pyrrole nitrogens is 1. The lowest BCUT2D eigenvalue weighted by Gasteiger charge is -2.06. The van der Waals surface area contributed by atoms with Gasteiger partial charge in [0.2, 0.25) is 0 Å². The number of hydrogen-bond donors (Lipinski definition) is 1. The molecule has 3 heteroatoms. The van der Waals surface area contributed by atoms with Crippen LogP contribution in [0.1, 0.15) is 21.5 Å². The van der Waals surface area contributed by atoms with Crippen molar-refractivity contribution in [3.8, 4) is 45.0 Å². The van der Waals surface area contributed by atoms with Crippen LogP contribution in [0.2, 0.25) is 0 Å². The summed E-state index contributed by atoms with van der Waals surface area (Å²) in [5.74, 6) is 0.891. The van der Waals surface area contributed by atoms with E-state index in [1.807, 2.05) is 54.6 Å². The third kappa shape index (κ3) is 2.90. The van der Waals surface area contributed by atoms with Gasteiger partial charge in [0.15, 0.2) is 5.78 Å². The molecule has 0 aliphatic heterocycles. The fourth-order valence-corrected chi connectivity index (χ4v) is 4.42. The number of hydrogen-bond acceptors (Lipinski definition) is 2. The first-order valence-electron chi connectivity index (χ1n) is 10.7. The van der Waals surface area contributed by atoms with E-state index in [1.54, 1.807) is 0 Å². The summed E-state index contributed by atoms with van der Waals surface area (Å²) in [5.41, 5.74) is 9.52. The molecular formula is C29H20N2O. The van der Waals surface area contributed by atoms with E-state index >= 15 is 0 Å². The first-order chi connectivity index (χ1) is 15.7. The molecule has 4 aromatic carbocycles. The summed E-state index contributed by atoms with van der Waals surface area (Å²) in [4.78, 5) is 21.6. The minimum Gasteiger partial charge on any atom is -0.337 e. The molecule has 1 aliphatic rings.